The van der Waals surface area contributed by atoms with Crippen LogP contribution in [0.2, 0.25) is 0 Å². The smallest absolute Gasteiger partial charge is 0.191 e. The van der Waals surface area contributed by atoms with Gasteiger partial charge in [-0.1, -0.05) is 36.8 Å². The summed E-state index contributed by atoms with van der Waals surface area (Å²) in [6, 6.07) is 11.5. The van der Waals surface area contributed by atoms with Gasteiger partial charge in [0.1, 0.15) is 0 Å². The molecule has 23 heavy (non-hydrogen) atoms. The first-order chi connectivity index (χ1) is 11.1. The highest BCUT2D eigenvalue weighted by atomic mass is 15.2. The second-order valence-electron chi connectivity index (χ2n) is 6.93. The zero-order chi connectivity index (χ0) is 16.7. The third-order valence-electron chi connectivity index (χ3n) is 5.15. The van der Waals surface area contributed by atoms with Crippen molar-refractivity contribution in [2.75, 3.05) is 33.7 Å². The third kappa shape index (κ3) is 4.71. The largest absolute Gasteiger partial charge is 0.356 e. The van der Waals surface area contributed by atoms with Gasteiger partial charge in [0.15, 0.2) is 5.96 Å². The van der Waals surface area contributed by atoms with E-state index < -0.39 is 0 Å². The summed E-state index contributed by atoms with van der Waals surface area (Å²) in [5.74, 6) is 0.907. The molecule has 0 aliphatic heterocycles. The lowest BCUT2D eigenvalue weighted by Crippen LogP contribution is -2.49. The molecule has 2 rings (SSSR count). The molecule has 1 aliphatic carbocycles. The zero-order valence-corrected chi connectivity index (χ0v) is 15.1. The molecular formula is C19H32N4. The monoisotopic (exact) mass is 316 g/mol. The Morgan fingerprint density at radius 1 is 1.22 bits per heavy atom. The van der Waals surface area contributed by atoms with Gasteiger partial charge in [-0.05, 0) is 39.3 Å². The van der Waals surface area contributed by atoms with Gasteiger partial charge in [-0.25, -0.2) is 0 Å². The van der Waals surface area contributed by atoms with Gasteiger partial charge in [-0.15, -0.1) is 0 Å². The van der Waals surface area contributed by atoms with Crippen LogP contribution in [0.4, 0.5) is 0 Å². The minimum absolute atomic E-state index is 0.285. The predicted molar refractivity (Wildman–Crippen MR) is 99.1 cm³/mol. The molecule has 0 amide bonds. The number of nitrogens with zero attached hydrogens (tertiary/aromatic N) is 2. The number of benzene rings is 1. The van der Waals surface area contributed by atoms with E-state index in [1.165, 1.54) is 24.8 Å². The fraction of sp³-hybridized carbons (Fsp3) is 0.632. The van der Waals surface area contributed by atoms with Gasteiger partial charge in [0, 0.05) is 38.1 Å². The maximum atomic E-state index is 4.36. The quantitative estimate of drug-likeness (QED) is 0.600. The van der Waals surface area contributed by atoms with E-state index in [2.05, 4.69) is 71.8 Å². The minimum atomic E-state index is 0.285. The van der Waals surface area contributed by atoms with E-state index in [1.54, 1.807) is 0 Å². The minimum Gasteiger partial charge on any atom is -0.356 e. The number of guanidine groups is 1. The topological polar surface area (TPSA) is 39.7 Å². The summed E-state index contributed by atoms with van der Waals surface area (Å²) in [6.07, 6.45) is 3.84. The van der Waals surface area contributed by atoms with Crippen molar-refractivity contribution >= 4 is 5.96 Å². The molecule has 0 unspecified atom stereocenters. The Bertz CT molecular complexity index is 491. The summed E-state index contributed by atoms with van der Waals surface area (Å²) in [5.41, 5.74) is 1.74. The maximum absolute atomic E-state index is 4.36. The van der Waals surface area contributed by atoms with Crippen LogP contribution in [-0.4, -0.2) is 50.6 Å². The molecule has 0 heterocycles. The summed E-state index contributed by atoms with van der Waals surface area (Å²) in [5, 5.41) is 6.96. The lowest BCUT2D eigenvalue weighted by molar-refractivity contribution is 0.243. The molecule has 128 valence electrons. The summed E-state index contributed by atoms with van der Waals surface area (Å²) >= 11 is 0. The zero-order valence-electron chi connectivity index (χ0n) is 15.1. The highest BCUT2D eigenvalue weighted by molar-refractivity contribution is 5.79. The second-order valence-corrected chi connectivity index (χ2v) is 6.93. The molecule has 1 saturated carbocycles. The fourth-order valence-electron chi connectivity index (χ4n) is 3.05. The molecule has 0 aromatic heterocycles. The summed E-state index contributed by atoms with van der Waals surface area (Å²) in [7, 11) is 4.00. The Labute approximate surface area is 141 Å². The van der Waals surface area contributed by atoms with Crippen molar-refractivity contribution in [2.24, 2.45) is 4.99 Å². The number of rotatable bonds is 7. The summed E-state index contributed by atoms with van der Waals surface area (Å²) in [4.78, 5) is 6.69. The van der Waals surface area contributed by atoms with E-state index in [4.69, 9.17) is 0 Å². The van der Waals surface area contributed by atoms with E-state index >= 15 is 0 Å². The standard InChI is InChI=1S/C19H32N4/c1-16(2)23(4)14-13-21-18(20-3)22-15-19(11-8-12-19)17-9-6-5-7-10-17/h5-7,9-10,16H,8,11-15H2,1-4H3,(H2,20,21,22). The van der Waals surface area contributed by atoms with Gasteiger partial charge in [0.25, 0.3) is 0 Å². The number of aliphatic imine (C=N–C) groups is 1. The lowest BCUT2D eigenvalue weighted by Gasteiger charge is -2.43. The van der Waals surface area contributed by atoms with Crippen molar-refractivity contribution in [1.29, 1.82) is 0 Å². The Kier molecular flexibility index (Phi) is 6.46. The molecule has 1 aliphatic rings. The van der Waals surface area contributed by atoms with Crippen molar-refractivity contribution in [3.05, 3.63) is 35.9 Å². The summed E-state index contributed by atoms with van der Waals surface area (Å²) < 4.78 is 0. The molecule has 0 saturated heterocycles. The first-order valence-electron chi connectivity index (χ1n) is 8.78. The summed E-state index contributed by atoms with van der Waals surface area (Å²) in [6.45, 7) is 7.31. The number of nitrogens with one attached hydrogen (secondary N) is 2. The molecule has 2 N–H and O–H groups in total. The van der Waals surface area contributed by atoms with Crippen LogP contribution in [0.3, 0.4) is 0 Å². The number of hydrogen-bond acceptors (Lipinski definition) is 2. The van der Waals surface area contributed by atoms with Crippen molar-refractivity contribution in [1.82, 2.24) is 15.5 Å². The highest BCUT2D eigenvalue weighted by Crippen LogP contribution is 2.43. The van der Waals surface area contributed by atoms with Crippen molar-refractivity contribution < 1.29 is 0 Å². The molecule has 1 aromatic carbocycles. The van der Waals surface area contributed by atoms with Crippen LogP contribution in [0.1, 0.15) is 38.7 Å². The van der Waals surface area contributed by atoms with Crippen molar-refractivity contribution in [3.63, 3.8) is 0 Å². The van der Waals surface area contributed by atoms with Gasteiger partial charge in [0.05, 0.1) is 0 Å². The predicted octanol–water partition coefficient (Wildman–Crippen LogP) is 2.61. The van der Waals surface area contributed by atoms with Crippen LogP contribution in [0.5, 0.6) is 0 Å². The average molecular weight is 316 g/mol. The SMILES string of the molecule is CN=C(NCCN(C)C(C)C)NCC1(c2ccccc2)CCC1. The van der Waals surface area contributed by atoms with Gasteiger partial charge in [0.2, 0.25) is 0 Å². The molecule has 0 bridgehead atoms. The molecule has 4 nitrogen and oxygen atoms in total. The van der Waals surface area contributed by atoms with E-state index in [9.17, 15) is 0 Å². The highest BCUT2D eigenvalue weighted by Gasteiger charge is 2.38. The van der Waals surface area contributed by atoms with Crippen LogP contribution in [-0.2, 0) is 5.41 Å². The van der Waals surface area contributed by atoms with E-state index in [1.807, 2.05) is 7.05 Å². The Morgan fingerprint density at radius 2 is 1.91 bits per heavy atom. The van der Waals surface area contributed by atoms with Crippen molar-refractivity contribution in [2.45, 2.75) is 44.6 Å². The molecule has 0 radical (unpaired) electrons. The molecular weight excluding hydrogens is 284 g/mol. The second kappa shape index (κ2) is 8.34. The Morgan fingerprint density at radius 3 is 2.43 bits per heavy atom. The molecule has 1 aromatic rings. The lowest BCUT2D eigenvalue weighted by atomic mass is 9.64. The third-order valence-corrected chi connectivity index (χ3v) is 5.15. The number of likely N-dealkylation sites (N-methyl/N-ethyl adjacent to an activating group) is 1. The maximum Gasteiger partial charge on any atom is 0.191 e. The van der Waals surface area contributed by atoms with E-state index in [0.29, 0.717) is 6.04 Å². The van der Waals surface area contributed by atoms with Crippen LogP contribution in [0, 0.1) is 0 Å². The van der Waals surface area contributed by atoms with Crippen LogP contribution in [0.25, 0.3) is 0 Å². The molecule has 1 fully saturated rings. The molecule has 4 heteroatoms. The van der Waals surface area contributed by atoms with Crippen molar-refractivity contribution in [3.8, 4) is 0 Å². The Balaban J connectivity index is 1.83. The van der Waals surface area contributed by atoms with Gasteiger partial charge in [-0.2, -0.15) is 0 Å². The van der Waals surface area contributed by atoms with Crippen LogP contribution < -0.4 is 10.6 Å². The van der Waals surface area contributed by atoms with Crippen LogP contribution in [0.15, 0.2) is 35.3 Å². The fourth-order valence-corrected chi connectivity index (χ4v) is 3.05. The van der Waals surface area contributed by atoms with Gasteiger partial charge < -0.3 is 15.5 Å². The normalized spacial score (nSPS) is 17.2. The Hall–Kier alpha value is -1.55. The first kappa shape index (κ1) is 17.8. The molecule has 0 spiro atoms. The number of hydrogen-bond donors (Lipinski definition) is 2. The van der Waals surface area contributed by atoms with E-state index in [0.717, 1.165) is 25.6 Å². The van der Waals surface area contributed by atoms with E-state index in [-0.39, 0.29) is 5.41 Å². The average Bonchev–Trinajstić information content (AvgIpc) is 2.52. The molecule has 0 atom stereocenters. The first-order valence-corrected chi connectivity index (χ1v) is 8.78. The van der Waals surface area contributed by atoms with Crippen LogP contribution >= 0.6 is 0 Å². The van der Waals surface area contributed by atoms with Gasteiger partial charge >= 0.3 is 0 Å². The van der Waals surface area contributed by atoms with Gasteiger partial charge in [-0.3, -0.25) is 4.99 Å².